The molecule has 2 unspecified atom stereocenters. The van der Waals surface area contributed by atoms with Crippen LogP contribution in [0.2, 0.25) is 0 Å². The lowest BCUT2D eigenvalue weighted by Gasteiger charge is -2.25. The molecule has 12 heteroatoms. The highest BCUT2D eigenvalue weighted by Crippen LogP contribution is 2.36. The van der Waals surface area contributed by atoms with E-state index in [9.17, 15) is 28.8 Å². The van der Waals surface area contributed by atoms with E-state index in [0.717, 1.165) is 58.3 Å². The smallest absolute Gasteiger partial charge is 0.233 e. The molecule has 0 aromatic carbocycles. The maximum Gasteiger partial charge on any atom is 0.233 e. The van der Waals surface area contributed by atoms with Crippen LogP contribution in [0.4, 0.5) is 0 Å². The van der Waals surface area contributed by atoms with Crippen molar-refractivity contribution in [1.82, 2.24) is 19.6 Å². The van der Waals surface area contributed by atoms with Crippen molar-refractivity contribution < 1.29 is 28.8 Å². The van der Waals surface area contributed by atoms with Crippen LogP contribution >= 0.6 is 27.0 Å². The molecule has 0 radical (unpaired) electrons. The van der Waals surface area contributed by atoms with Crippen molar-refractivity contribution in [3.63, 3.8) is 0 Å². The molecule has 47 heavy (non-hydrogen) atoms. The van der Waals surface area contributed by atoms with Crippen molar-refractivity contribution in [2.75, 3.05) is 39.3 Å². The summed E-state index contributed by atoms with van der Waals surface area (Å²) in [6.45, 7) is 20.4. The zero-order valence-electron chi connectivity index (χ0n) is 30.2. The van der Waals surface area contributed by atoms with E-state index in [4.69, 9.17) is 0 Å². The predicted molar refractivity (Wildman–Crippen MR) is 193 cm³/mol. The summed E-state index contributed by atoms with van der Waals surface area (Å²) in [7, 11) is 0. The Bertz CT molecular complexity index is 1130. The van der Waals surface area contributed by atoms with Crippen molar-refractivity contribution in [2.45, 2.75) is 113 Å². The number of hydrogen-bond donors (Lipinski definition) is 0. The van der Waals surface area contributed by atoms with Crippen LogP contribution in [-0.2, 0) is 28.8 Å². The van der Waals surface area contributed by atoms with Crippen LogP contribution in [0, 0.1) is 34.5 Å². The number of likely N-dealkylation sites (tertiary alicyclic amines) is 4. The summed E-state index contributed by atoms with van der Waals surface area (Å²) in [5.74, 6) is 0.718. The lowest BCUT2D eigenvalue weighted by Crippen LogP contribution is -2.37. The van der Waals surface area contributed by atoms with Crippen molar-refractivity contribution >= 4 is 62.4 Å². The summed E-state index contributed by atoms with van der Waals surface area (Å²) in [6.07, 6.45) is 6.11. The van der Waals surface area contributed by atoms with E-state index in [1.165, 1.54) is 9.80 Å². The molecule has 0 bridgehead atoms. The molecule has 0 spiro atoms. The monoisotopic (exact) mass is 698 g/mol. The molecule has 0 N–H and O–H groups in total. The van der Waals surface area contributed by atoms with Gasteiger partial charge in [0.05, 0.1) is 11.8 Å². The van der Waals surface area contributed by atoms with Gasteiger partial charge in [-0.05, 0) is 48.3 Å². The van der Waals surface area contributed by atoms with E-state index in [2.05, 4.69) is 13.8 Å². The molecule has 4 fully saturated rings. The second-order valence-corrected chi connectivity index (χ2v) is 16.0. The number of amides is 6. The van der Waals surface area contributed by atoms with Crippen LogP contribution in [0.3, 0.4) is 0 Å². The summed E-state index contributed by atoms with van der Waals surface area (Å²) in [5, 5.41) is 0. The van der Waals surface area contributed by atoms with E-state index in [0.29, 0.717) is 31.2 Å². The van der Waals surface area contributed by atoms with Gasteiger partial charge in [0.25, 0.3) is 0 Å². The van der Waals surface area contributed by atoms with Crippen LogP contribution < -0.4 is 0 Å². The van der Waals surface area contributed by atoms with Crippen LogP contribution in [-0.4, -0.2) is 94.3 Å². The summed E-state index contributed by atoms with van der Waals surface area (Å²) in [5.41, 5.74) is -0.378. The average molecular weight is 699 g/mol. The van der Waals surface area contributed by atoms with Crippen LogP contribution in [0.5, 0.6) is 0 Å². The first-order valence-corrected chi connectivity index (χ1v) is 17.1. The molecule has 4 aliphatic heterocycles. The number of nitrogens with zero attached hydrogens (tertiary/aromatic N) is 4. The first-order valence-electron chi connectivity index (χ1n) is 17.1. The van der Waals surface area contributed by atoms with Crippen LogP contribution in [0.15, 0.2) is 0 Å². The molecule has 0 aliphatic carbocycles. The van der Waals surface area contributed by atoms with Gasteiger partial charge in [-0.1, -0.05) is 61.8 Å². The Morgan fingerprint density at radius 3 is 1.38 bits per heavy atom. The molecular weight excluding hydrogens is 637 g/mol. The van der Waals surface area contributed by atoms with Gasteiger partial charge >= 0.3 is 0 Å². The highest BCUT2D eigenvalue weighted by molar-refractivity contribution is 7.59. The Morgan fingerprint density at radius 2 is 1.02 bits per heavy atom. The predicted octanol–water partition coefficient (Wildman–Crippen LogP) is 4.73. The van der Waals surface area contributed by atoms with E-state index in [1.54, 1.807) is 0 Å². The Kier molecular flexibility index (Phi) is 16.5. The molecule has 4 saturated heterocycles. The molecule has 6 amide bonds. The Hall–Kier alpha value is -2.08. The first kappa shape index (κ1) is 42.9. The highest BCUT2D eigenvalue weighted by Gasteiger charge is 2.45. The molecule has 4 aliphatic rings. The molecular formula is C35H62N4O6S2. The summed E-state index contributed by atoms with van der Waals surface area (Å²) < 4.78 is 0. The molecule has 4 atom stereocenters. The molecule has 10 nitrogen and oxygen atoms in total. The van der Waals surface area contributed by atoms with Gasteiger partial charge < -0.3 is 9.80 Å². The van der Waals surface area contributed by atoms with E-state index in [1.807, 2.05) is 51.3 Å². The largest absolute Gasteiger partial charge is 0.342 e. The topological polar surface area (TPSA) is 115 Å². The maximum atomic E-state index is 12.4. The Morgan fingerprint density at radius 1 is 0.617 bits per heavy atom. The number of rotatable bonds is 9. The Labute approximate surface area is 297 Å². The van der Waals surface area contributed by atoms with Crippen molar-refractivity contribution in [3.05, 3.63) is 0 Å². The maximum absolute atomic E-state index is 12.4. The lowest BCUT2D eigenvalue weighted by atomic mass is 9.80. The van der Waals surface area contributed by atoms with E-state index < -0.39 is 0 Å². The fourth-order valence-electron chi connectivity index (χ4n) is 6.76. The molecule has 0 aromatic heterocycles. The third kappa shape index (κ3) is 11.8. The van der Waals surface area contributed by atoms with Crippen LogP contribution in [0.1, 0.15) is 113 Å². The lowest BCUT2D eigenvalue weighted by molar-refractivity contribution is -0.142. The van der Waals surface area contributed by atoms with Gasteiger partial charge in [0.1, 0.15) is 0 Å². The second kappa shape index (κ2) is 18.1. The minimum absolute atomic E-state index is 0. The van der Waals surface area contributed by atoms with Gasteiger partial charge in [-0.15, -0.1) is 0 Å². The zero-order chi connectivity index (χ0) is 33.7. The Balaban J connectivity index is 0.000000454. The molecule has 270 valence electrons. The van der Waals surface area contributed by atoms with Gasteiger partial charge in [0.2, 0.25) is 35.4 Å². The van der Waals surface area contributed by atoms with Crippen LogP contribution in [0.25, 0.3) is 0 Å². The van der Waals surface area contributed by atoms with E-state index >= 15 is 0 Å². The molecule has 4 heterocycles. The number of carbonyl (C=O) groups is 6. The minimum Gasteiger partial charge on any atom is -0.342 e. The zero-order valence-corrected chi connectivity index (χ0v) is 32.2. The third-order valence-electron chi connectivity index (χ3n) is 9.95. The van der Waals surface area contributed by atoms with Crippen molar-refractivity contribution in [2.24, 2.45) is 34.5 Å². The van der Waals surface area contributed by atoms with Gasteiger partial charge in [-0.25, -0.2) is 0 Å². The summed E-state index contributed by atoms with van der Waals surface area (Å²) >= 11 is 0. The number of carbonyl (C=O) groups excluding carboxylic acids is 6. The average Bonchev–Trinajstić information content (AvgIpc) is 3.70. The van der Waals surface area contributed by atoms with Gasteiger partial charge in [-0.2, -0.15) is 27.0 Å². The highest BCUT2D eigenvalue weighted by atomic mass is 32.1. The summed E-state index contributed by atoms with van der Waals surface area (Å²) in [4.78, 5) is 79.5. The first-order chi connectivity index (χ1) is 20.9. The fraction of sp³-hybridized carbons (Fsp3) is 0.829. The second-order valence-electron chi connectivity index (χ2n) is 16.0. The minimum atomic E-state index is -0.257. The number of unbranched alkanes of at least 4 members (excludes halogenated alkanes) is 2. The molecule has 4 rings (SSSR count). The standard InChI is InChI=1S/C19H32N2O3.C16H26N2O3.2H2S/c1-14-9-11-20(13-14)16(22)8-6-5-7-10-21-17(23)12-15(18(21)24)19(2,3)4;1-11-5-7-17(10-11)13(19)6-8-18-14(20)9-12(15(18)21)16(2,3)4;;/h14-15H,5-13H2,1-4H3;11-12H,5-10H2,1-4H3;2*1H2/t14-,15?;11-,12?;;/m00../s1. The van der Waals surface area contributed by atoms with Crippen molar-refractivity contribution in [1.29, 1.82) is 0 Å². The third-order valence-corrected chi connectivity index (χ3v) is 9.95. The number of hydrogen-bond acceptors (Lipinski definition) is 6. The molecule has 0 saturated carbocycles. The normalized spacial score (nSPS) is 24.8. The quantitative estimate of drug-likeness (QED) is 0.254. The SMILES string of the molecule is C[C@H]1CCN(C(=O)CCCCCN2C(=O)CC(C(C)(C)C)C2=O)C1.C[C@H]1CCN(C(=O)CCN2C(=O)CC(C(C)(C)C)C2=O)C1.S.S. The van der Waals surface area contributed by atoms with E-state index in [-0.39, 0.29) is 104 Å². The van der Waals surface area contributed by atoms with Crippen molar-refractivity contribution in [3.8, 4) is 0 Å². The van der Waals surface area contributed by atoms with Gasteiger partial charge in [0.15, 0.2) is 0 Å². The fourth-order valence-corrected chi connectivity index (χ4v) is 6.76. The van der Waals surface area contributed by atoms with Gasteiger partial charge in [0, 0.05) is 65.0 Å². The van der Waals surface area contributed by atoms with Gasteiger partial charge in [-0.3, -0.25) is 38.6 Å². The number of imide groups is 2. The summed E-state index contributed by atoms with van der Waals surface area (Å²) in [6, 6.07) is 0. The molecule has 0 aromatic rings.